The minimum atomic E-state index is -1.08. The van der Waals surface area contributed by atoms with Gasteiger partial charge in [-0.15, -0.1) is 0 Å². The second kappa shape index (κ2) is 5.03. The van der Waals surface area contributed by atoms with Crippen LogP contribution in [0.25, 0.3) is 0 Å². The number of aliphatic carboxylic acids is 1. The minimum absolute atomic E-state index is 0.00287. The molecule has 0 radical (unpaired) electrons. The number of nitrogens with one attached hydrogen (secondary N) is 1. The van der Waals surface area contributed by atoms with Crippen LogP contribution in [0.15, 0.2) is 16.5 Å². The number of hydrogen-bond acceptors (Lipinski definition) is 3. The van der Waals surface area contributed by atoms with Crippen molar-refractivity contribution in [3.63, 3.8) is 0 Å². The number of rotatable bonds is 4. The summed E-state index contributed by atoms with van der Waals surface area (Å²) in [6.45, 7) is 3.41. The van der Waals surface area contributed by atoms with Crippen molar-refractivity contribution in [3.8, 4) is 0 Å². The zero-order valence-corrected chi connectivity index (χ0v) is 9.62. The van der Waals surface area contributed by atoms with E-state index in [-0.39, 0.29) is 16.9 Å². The SMILES string of the molecule is CC(C)[C@H](NC(=O)c1ccc(Cl)o1)C(=O)O. The monoisotopic (exact) mass is 245 g/mol. The molecule has 1 heterocycles. The third kappa shape index (κ3) is 3.00. The van der Waals surface area contributed by atoms with Crippen LogP contribution in [-0.4, -0.2) is 23.0 Å². The lowest BCUT2D eigenvalue weighted by atomic mass is 10.0. The van der Waals surface area contributed by atoms with Crippen LogP contribution in [0.5, 0.6) is 0 Å². The molecule has 16 heavy (non-hydrogen) atoms. The van der Waals surface area contributed by atoms with E-state index in [1.807, 2.05) is 0 Å². The van der Waals surface area contributed by atoms with E-state index in [9.17, 15) is 9.59 Å². The average molecular weight is 246 g/mol. The molecule has 1 amide bonds. The molecule has 0 aliphatic carbocycles. The first kappa shape index (κ1) is 12.6. The Morgan fingerprint density at radius 2 is 2.06 bits per heavy atom. The molecular weight excluding hydrogens is 234 g/mol. The molecule has 0 aliphatic heterocycles. The first-order chi connectivity index (χ1) is 7.41. The zero-order chi connectivity index (χ0) is 12.3. The Morgan fingerprint density at radius 1 is 1.44 bits per heavy atom. The molecule has 0 fully saturated rings. The van der Waals surface area contributed by atoms with Gasteiger partial charge in [0, 0.05) is 0 Å². The molecule has 1 aromatic heterocycles. The number of carboxylic acids is 1. The molecule has 0 saturated carbocycles. The van der Waals surface area contributed by atoms with Crippen LogP contribution in [0, 0.1) is 5.92 Å². The topological polar surface area (TPSA) is 79.5 Å². The molecule has 0 bridgehead atoms. The van der Waals surface area contributed by atoms with Crippen LogP contribution in [0.4, 0.5) is 0 Å². The van der Waals surface area contributed by atoms with E-state index in [1.54, 1.807) is 13.8 Å². The fourth-order valence-corrected chi connectivity index (χ4v) is 1.31. The van der Waals surface area contributed by atoms with Gasteiger partial charge in [0.1, 0.15) is 6.04 Å². The van der Waals surface area contributed by atoms with Gasteiger partial charge in [-0.2, -0.15) is 0 Å². The van der Waals surface area contributed by atoms with Crippen molar-refractivity contribution in [3.05, 3.63) is 23.1 Å². The maximum absolute atomic E-state index is 11.6. The van der Waals surface area contributed by atoms with Gasteiger partial charge >= 0.3 is 5.97 Å². The quantitative estimate of drug-likeness (QED) is 0.847. The van der Waals surface area contributed by atoms with Gasteiger partial charge in [0.15, 0.2) is 11.0 Å². The smallest absolute Gasteiger partial charge is 0.326 e. The molecule has 1 rings (SSSR count). The van der Waals surface area contributed by atoms with E-state index in [1.165, 1.54) is 12.1 Å². The Morgan fingerprint density at radius 3 is 2.44 bits per heavy atom. The van der Waals surface area contributed by atoms with E-state index in [0.717, 1.165) is 0 Å². The van der Waals surface area contributed by atoms with Crippen molar-refractivity contribution in [2.45, 2.75) is 19.9 Å². The summed E-state index contributed by atoms with van der Waals surface area (Å²) in [5.41, 5.74) is 0. The zero-order valence-electron chi connectivity index (χ0n) is 8.86. The van der Waals surface area contributed by atoms with Gasteiger partial charge in [0.2, 0.25) is 0 Å². The van der Waals surface area contributed by atoms with Gasteiger partial charge < -0.3 is 14.8 Å². The molecule has 88 valence electrons. The van der Waals surface area contributed by atoms with Gasteiger partial charge in [0.05, 0.1) is 0 Å². The summed E-state index contributed by atoms with van der Waals surface area (Å²) >= 11 is 5.50. The molecule has 0 aliphatic rings. The van der Waals surface area contributed by atoms with Crippen LogP contribution in [-0.2, 0) is 4.79 Å². The van der Waals surface area contributed by atoms with Gasteiger partial charge in [-0.25, -0.2) is 4.79 Å². The standard InChI is InChI=1S/C10H12ClNO4/c1-5(2)8(10(14)15)12-9(13)6-3-4-7(11)16-6/h3-5,8H,1-2H3,(H,12,13)(H,14,15)/t8-/m0/s1. The summed E-state index contributed by atoms with van der Waals surface area (Å²) in [6, 6.07) is 1.86. The number of halogens is 1. The van der Waals surface area contributed by atoms with Crippen molar-refractivity contribution in [1.29, 1.82) is 0 Å². The van der Waals surface area contributed by atoms with Crippen molar-refractivity contribution >= 4 is 23.5 Å². The molecule has 0 spiro atoms. The molecule has 0 unspecified atom stereocenters. The molecule has 1 atom stereocenters. The third-order valence-corrected chi connectivity index (χ3v) is 2.22. The highest BCUT2D eigenvalue weighted by atomic mass is 35.5. The van der Waals surface area contributed by atoms with Crippen LogP contribution >= 0.6 is 11.6 Å². The lowest BCUT2D eigenvalue weighted by Gasteiger charge is -2.16. The van der Waals surface area contributed by atoms with Crippen molar-refractivity contribution in [1.82, 2.24) is 5.32 Å². The van der Waals surface area contributed by atoms with Crippen LogP contribution in [0.3, 0.4) is 0 Å². The summed E-state index contributed by atoms with van der Waals surface area (Å²) in [5, 5.41) is 11.3. The number of carbonyl (C=O) groups excluding carboxylic acids is 1. The average Bonchev–Trinajstić information content (AvgIpc) is 2.59. The Kier molecular flexibility index (Phi) is 3.95. The summed E-state index contributed by atoms with van der Waals surface area (Å²) in [7, 11) is 0. The summed E-state index contributed by atoms with van der Waals surface area (Å²) in [6.07, 6.45) is 0. The molecule has 0 aromatic carbocycles. The predicted molar refractivity (Wildman–Crippen MR) is 57.4 cm³/mol. The molecule has 0 saturated heterocycles. The largest absolute Gasteiger partial charge is 0.480 e. The van der Waals surface area contributed by atoms with E-state index in [0.29, 0.717) is 0 Å². The first-order valence-electron chi connectivity index (χ1n) is 4.71. The first-order valence-corrected chi connectivity index (χ1v) is 5.08. The van der Waals surface area contributed by atoms with Gasteiger partial charge in [-0.05, 0) is 29.7 Å². The predicted octanol–water partition coefficient (Wildman–Crippen LogP) is 1.77. The minimum Gasteiger partial charge on any atom is -0.480 e. The van der Waals surface area contributed by atoms with Gasteiger partial charge in [0.25, 0.3) is 5.91 Å². The summed E-state index contributed by atoms with van der Waals surface area (Å²) in [5.74, 6) is -1.89. The van der Waals surface area contributed by atoms with Crippen molar-refractivity contribution in [2.75, 3.05) is 0 Å². The summed E-state index contributed by atoms with van der Waals surface area (Å²) in [4.78, 5) is 22.4. The summed E-state index contributed by atoms with van der Waals surface area (Å²) < 4.78 is 4.87. The second-order valence-corrected chi connectivity index (χ2v) is 4.01. The number of furan rings is 1. The maximum atomic E-state index is 11.6. The second-order valence-electron chi connectivity index (χ2n) is 3.64. The van der Waals surface area contributed by atoms with Crippen LogP contribution in [0.2, 0.25) is 5.22 Å². The Labute approximate surface area is 97.4 Å². The van der Waals surface area contributed by atoms with Crippen LogP contribution < -0.4 is 5.32 Å². The lowest BCUT2D eigenvalue weighted by Crippen LogP contribution is -2.44. The molecule has 6 heteroatoms. The molecular formula is C10H12ClNO4. The van der Waals surface area contributed by atoms with Crippen molar-refractivity contribution in [2.24, 2.45) is 5.92 Å². The highest BCUT2D eigenvalue weighted by molar-refractivity contribution is 6.29. The van der Waals surface area contributed by atoms with Crippen molar-refractivity contribution < 1.29 is 19.1 Å². The fourth-order valence-electron chi connectivity index (χ4n) is 1.16. The Bertz CT molecular complexity index is 399. The van der Waals surface area contributed by atoms with Crippen LogP contribution in [0.1, 0.15) is 24.4 Å². The number of carboxylic acid groups (broad SMARTS) is 1. The molecule has 2 N–H and O–H groups in total. The number of amides is 1. The number of carbonyl (C=O) groups is 2. The normalized spacial score (nSPS) is 12.5. The molecule has 5 nitrogen and oxygen atoms in total. The third-order valence-electron chi connectivity index (χ3n) is 2.02. The van der Waals surface area contributed by atoms with E-state index in [2.05, 4.69) is 5.32 Å². The number of hydrogen-bond donors (Lipinski definition) is 2. The van der Waals surface area contributed by atoms with E-state index in [4.69, 9.17) is 21.1 Å². The fraction of sp³-hybridized carbons (Fsp3) is 0.400. The lowest BCUT2D eigenvalue weighted by molar-refractivity contribution is -0.140. The van der Waals surface area contributed by atoms with Gasteiger partial charge in [-0.3, -0.25) is 4.79 Å². The van der Waals surface area contributed by atoms with Gasteiger partial charge in [-0.1, -0.05) is 13.8 Å². The Balaban J connectivity index is 2.73. The molecule has 1 aromatic rings. The Hall–Kier alpha value is -1.49. The van der Waals surface area contributed by atoms with E-state index >= 15 is 0 Å². The maximum Gasteiger partial charge on any atom is 0.326 e. The highest BCUT2D eigenvalue weighted by Gasteiger charge is 2.25. The van der Waals surface area contributed by atoms with E-state index < -0.39 is 17.9 Å². The highest BCUT2D eigenvalue weighted by Crippen LogP contribution is 2.13.